The van der Waals surface area contributed by atoms with Crippen LogP contribution < -0.4 is 0 Å². The molecular formula is C12H8N2O4S. The highest BCUT2D eigenvalue weighted by Gasteiger charge is 2.07. The largest absolute Gasteiger partial charge is 0.478 e. The smallest absolute Gasteiger partial charge is 0.335 e. The summed E-state index contributed by atoms with van der Waals surface area (Å²) in [5, 5.41) is 19.8. The van der Waals surface area contributed by atoms with Crippen LogP contribution in [0.3, 0.4) is 0 Å². The van der Waals surface area contributed by atoms with Crippen molar-refractivity contribution in [2.24, 2.45) is 0 Å². The normalized spacial score (nSPS) is 10.1. The summed E-state index contributed by atoms with van der Waals surface area (Å²) >= 11 is 1.30. The summed E-state index contributed by atoms with van der Waals surface area (Å²) in [6.07, 6.45) is 1.19. The molecular weight excluding hydrogens is 268 g/mol. The van der Waals surface area contributed by atoms with Gasteiger partial charge >= 0.3 is 5.97 Å². The van der Waals surface area contributed by atoms with Crippen molar-refractivity contribution in [1.29, 1.82) is 0 Å². The Bertz CT molecular complexity index is 555. The molecule has 1 aromatic carbocycles. The Morgan fingerprint density at radius 3 is 2.37 bits per heavy atom. The molecule has 0 radical (unpaired) electrons. The van der Waals surface area contributed by atoms with Crippen LogP contribution in [0.5, 0.6) is 0 Å². The lowest BCUT2D eigenvalue weighted by Gasteiger charge is -2.01. The van der Waals surface area contributed by atoms with Gasteiger partial charge in [-0.05, 0) is 30.3 Å². The number of hydrogen-bond acceptors (Lipinski definition) is 5. The van der Waals surface area contributed by atoms with E-state index in [1.165, 1.54) is 36.2 Å². The Balaban J connectivity index is 2.12. The Kier molecular flexibility index (Phi) is 3.76. The van der Waals surface area contributed by atoms with Crippen molar-refractivity contribution >= 4 is 23.4 Å². The first-order valence-electron chi connectivity index (χ1n) is 5.18. The standard InChI is InChI=1S/C12H8N2O4S/c15-12(16)8-1-4-10(5-2-8)19-11-6-3-9(7-13-11)14(17)18/h1-7H,(H,15,16). The number of aromatic carboxylic acids is 1. The summed E-state index contributed by atoms with van der Waals surface area (Å²) in [6, 6.07) is 9.25. The Morgan fingerprint density at radius 2 is 1.89 bits per heavy atom. The van der Waals surface area contributed by atoms with Crippen molar-refractivity contribution in [3.05, 3.63) is 58.3 Å². The quantitative estimate of drug-likeness (QED) is 0.681. The average molecular weight is 276 g/mol. The highest BCUT2D eigenvalue weighted by molar-refractivity contribution is 7.99. The highest BCUT2D eigenvalue weighted by atomic mass is 32.2. The summed E-state index contributed by atoms with van der Waals surface area (Å²) < 4.78 is 0. The van der Waals surface area contributed by atoms with Crippen molar-refractivity contribution in [3.8, 4) is 0 Å². The van der Waals surface area contributed by atoms with E-state index in [2.05, 4.69) is 4.98 Å². The molecule has 0 aliphatic rings. The number of aromatic nitrogens is 1. The summed E-state index contributed by atoms with van der Waals surface area (Å²) in [4.78, 5) is 25.4. The lowest BCUT2D eigenvalue weighted by atomic mass is 10.2. The van der Waals surface area contributed by atoms with Gasteiger partial charge in [-0.1, -0.05) is 11.8 Å². The van der Waals surface area contributed by atoms with Gasteiger partial charge in [-0.3, -0.25) is 10.1 Å². The first-order valence-corrected chi connectivity index (χ1v) is 5.99. The zero-order valence-electron chi connectivity index (χ0n) is 9.52. The Labute approximate surface area is 112 Å². The fraction of sp³-hybridized carbons (Fsp3) is 0. The second kappa shape index (κ2) is 5.49. The molecule has 1 N–H and O–H groups in total. The minimum absolute atomic E-state index is 0.0643. The van der Waals surface area contributed by atoms with E-state index >= 15 is 0 Å². The molecule has 0 spiro atoms. The Hall–Kier alpha value is -2.41. The number of carboxylic acids is 1. The molecule has 2 aromatic rings. The molecule has 1 aromatic heterocycles. The molecule has 0 aliphatic carbocycles. The SMILES string of the molecule is O=C(O)c1ccc(Sc2ccc([N+](=O)[O-])cn2)cc1. The summed E-state index contributed by atoms with van der Waals surface area (Å²) in [5.74, 6) is -0.981. The number of carbonyl (C=O) groups is 1. The zero-order chi connectivity index (χ0) is 13.8. The second-order valence-electron chi connectivity index (χ2n) is 3.54. The van der Waals surface area contributed by atoms with E-state index in [0.29, 0.717) is 5.03 Å². The van der Waals surface area contributed by atoms with Crippen molar-refractivity contribution in [3.63, 3.8) is 0 Å². The van der Waals surface area contributed by atoms with Crippen molar-refractivity contribution < 1.29 is 14.8 Å². The van der Waals surface area contributed by atoms with E-state index in [1.54, 1.807) is 18.2 Å². The fourth-order valence-electron chi connectivity index (χ4n) is 1.33. The minimum atomic E-state index is -0.981. The van der Waals surface area contributed by atoms with Gasteiger partial charge in [0, 0.05) is 11.0 Å². The molecule has 0 fully saturated rings. The van der Waals surface area contributed by atoms with E-state index in [4.69, 9.17) is 5.11 Å². The maximum Gasteiger partial charge on any atom is 0.335 e. The monoisotopic (exact) mass is 276 g/mol. The third-order valence-corrected chi connectivity index (χ3v) is 3.21. The van der Waals surface area contributed by atoms with Gasteiger partial charge < -0.3 is 5.11 Å². The van der Waals surface area contributed by atoms with E-state index in [1.807, 2.05) is 0 Å². The van der Waals surface area contributed by atoms with Crippen LogP contribution in [-0.4, -0.2) is 21.0 Å². The van der Waals surface area contributed by atoms with Gasteiger partial charge in [0.15, 0.2) is 0 Å². The average Bonchev–Trinajstić information content (AvgIpc) is 2.40. The predicted molar refractivity (Wildman–Crippen MR) is 68.4 cm³/mol. The van der Waals surface area contributed by atoms with Crippen LogP contribution in [0.2, 0.25) is 0 Å². The van der Waals surface area contributed by atoms with Crippen molar-refractivity contribution in [2.75, 3.05) is 0 Å². The molecule has 0 aliphatic heterocycles. The van der Waals surface area contributed by atoms with E-state index < -0.39 is 10.9 Å². The molecule has 1 heterocycles. The molecule has 0 bridgehead atoms. The highest BCUT2D eigenvalue weighted by Crippen LogP contribution is 2.27. The maximum absolute atomic E-state index is 10.7. The van der Waals surface area contributed by atoms with Crippen LogP contribution in [0, 0.1) is 10.1 Å². The van der Waals surface area contributed by atoms with Gasteiger partial charge in [0.25, 0.3) is 5.69 Å². The van der Waals surface area contributed by atoms with Gasteiger partial charge in [-0.25, -0.2) is 9.78 Å². The number of pyridine rings is 1. The van der Waals surface area contributed by atoms with Gasteiger partial charge in [0.2, 0.25) is 0 Å². The van der Waals surface area contributed by atoms with Crippen LogP contribution in [0.15, 0.2) is 52.5 Å². The molecule has 0 unspecified atom stereocenters. The lowest BCUT2D eigenvalue weighted by molar-refractivity contribution is -0.385. The summed E-state index contributed by atoms with van der Waals surface area (Å²) in [6.45, 7) is 0. The molecule has 7 heteroatoms. The van der Waals surface area contributed by atoms with Crippen LogP contribution in [0.4, 0.5) is 5.69 Å². The third kappa shape index (κ3) is 3.29. The van der Waals surface area contributed by atoms with Crippen LogP contribution in [0.1, 0.15) is 10.4 Å². The van der Waals surface area contributed by atoms with Gasteiger partial charge in [0.05, 0.1) is 10.5 Å². The molecule has 19 heavy (non-hydrogen) atoms. The number of nitrogens with zero attached hydrogens (tertiary/aromatic N) is 2. The number of nitro groups is 1. The molecule has 0 atom stereocenters. The molecule has 0 amide bonds. The fourth-order valence-corrected chi connectivity index (χ4v) is 2.08. The topological polar surface area (TPSA) is 93.3 Å². The number of benzene rings is 1. The summed E-state index contributed by atoms with van der Waals surface area (Å²) in [5.41, 5.74) is 0.145. The van der Waals surface area contributed by atoms with E-state index in [-0.39, 0.29) is 11.3 Å². The van der Waals surface area contributed by atoms with Gasteiger partial charge in [-0.15, -0.1) is 0 Å². The number of carboxylic acid groups (broad SMARTS) is 1. The molecule has 96 valence electrons. The second-order valence-corrected chi connectivity index (χ2v) is 4.64. The van der Waals surface area contributed by atoms with Crippen molar-refractivity contribution in [1.82, 2.24) is 4.98 Å². The first-order chi connectivity index (χ1) is 9.06. The molecule has 6 nitrogen and oxygen atoms in total. The first kappa shape index (κ1) is 13.0. The molecule has 0 saturated heterocycles. The predicted octanol–water partition coefficient (Wildman–Crippen LogP) is 2.84. The van der Waals surface area contributed by atoms with E-state index in [0.717, 1.165) is 4.90 Å². The van der Waals surface area contributed by atoms with Gasteiger partial charge in [-0.2, -0.15) is 0 Å². The Morgan fingerprint density at radius 1 is 1.21 bits per heavy atom. The number of hydrogen-bond donors (Lipinski definition) is 1. The van der Waals surface area contributed by atoms with Crippen LogP contribution in [-0.2, 0) is 0 Å². The number of rotatable bonds is 4. The molecule has 0 saturated carbocycles. The van der Waals surface area contributed by atoms with Crippen LogP contribution in [0.25, 0.3) is 0 Å². The van der Waals surface area contributed by atoms with Gasteiger partial charge in [0.1, 0.15) is 11.2 Å². The zero-order valence-corrected chi connectivity index (χ0v) is 10.3. The van der Waals surface area contributed by atoms with E-state index in [9.17, 15) is 14.9 Å². The minimum Gasteiger partial charge on any atom is -0.478 e. The maximum atomic E-state index is 10.7. The molecule has 2 rings (SSSR count). The third-order valence-electron chi connectivity index (χ3n) is 2.26. The van der Waals surface area contributed by atoms with Crippen LogP contribution >= 0.6 is 11.8 Å². The summed E-state index contributed by atoms with van der Waals surface area (Å²) in [7, 11) is 0. The lowest BCUT2D eigenvalue weighted by Crippen LogP contribution is -1.94. The van der Waals surface area contributed by atoms with Crippen molar-refractivity contribution in [2.45, 2.75) is 9.92 Å².